The van der Waals surface area contributed by atoms with Crippen molar-refractivity contribution in [2.45, 2.75) is 51.0 Å². The zero-order valence-corrected chi connectivity index (χ0v) is 17.8. The smallest absolute Gasteiger partial charge is 0.229 e. The molecular weight excluding hydrogens is 374 g/mol. The van der Waals surface area contributed by atoms with Gasteiger partial charge in [-0.15, -0.1) is 0 Å². The van der Waals surface area contributed by atoms with Gasteiger partial charge in [0.25, 0.3) is 0 Å². The number of hydrogen-bond donors (Lipinski definition) is 0. The van der Waals surface area contributed by atoms with Crippen LogP contribution in [0, 0.1) is 24.2 Å². The monoisotopic (exact) mass is 405 g/mol. The highest BCUT2D eigenvalue weighted by atomic mass is 16.2. The van der Waals surface area contributed by atoms with Crippen molar-refractivity contribution < 1.29 is 4.79 Å². The van der Waals surface area contributed by atoms with E-state index in [1.54, 1.807) is 0 Å². The lowest BCUT2D eigenvalue weighted by Crippen LogP contribution is -2.63. The van der Waals surface area contributed by atoms with Crippen LogP contribution in [0.15, 0.2) is 36.7 Å². The summed E-state index contributed by atoms with van der Waals surface area (Å²) in [6.07, 6.45) is 8.67. The number of para-hydroxylation sites is 1. The molecule has 4 aliphatic carbocycles. The predicted molar refractivity (Wildman–Crippen MR) is 115 cm³/mol. The van der Waals surface area contributed by atoms with E-state index in [0.717, 1.165) is 51.3 Å². The van der Waals surface area contributed by atoms with E-state index in [9.17, 15) is 4.79 Å². The Kier molecular flexibility index (Phi) is 4.03. The molecule has 4 saturated carbocycles. The minimum absolute atomic E-state index is 0.00681. The molecule has 2 atom stereocenters. The molecule has 5 fully saturated rings. The molecule has 2 heterocycles. The number of amides is 1. The number of hydrogen-bond acceptors (Lipinski definition) is 4. The van der Waals surface area contributed by atoms with E-state index in [-0.39, 0.29) is 11.0 Å². The highest BCUT2D eigenvalue weighted by molar-refractivity contribution is 5.84. The average Bonchev–Trinajstić information content (AvgIpc) is 3.20. The number of rotatable bonds is 3. The molecule has 1 aliphatic heterocycles. The summed E-state index contributed by atoms with van der Waals surface area (Å²) in [6.45, 7) is 5.48. The molecule has 1 saturated heterocycles. The molecule has 0 radical (unpaired) electrons. The molecule has 5 aliphatic rings. The summed E-state index contributed by atoms with van der Waals surface area (Å²) >= 11 is 0. The zero-order valence-electron chi connectivity index (χ0n) is 17.8. The normalized spacial score (nSPS) is 35.1. The molecule has 1 aromatic heterocycles. The minimum Gasteiger partial charge on any atom is -0.368 e. The second kappa shape index (κ2) is 6.56. The molecule has 0 spiro atoms. The van der Waals surface area contributed by atoms with Crippen molar-refractivity contribution >= 4 is 11.6 Å². The van der Waals surface area contributed by atoms with Gasteiger partial charge in [-0.3, -0.25) is 4.79 Å². The summed E-state index contributed by atoms with van der Waals surface area (Å²) in [5, 5.41) is 4.72. The van der Waals surface area contributed by atoms with E-state index in [0.29, 0.717) is 17.7 Å². The molecule has 158 valence electrons. The summed E-state index contributed by atoms with van der Waals surface area (Å²) in [7, 11) is 0. The van der Waals surface area contributed by atoms with Gasteiger partial charge in [-0.1, -0.05) is 18.2 Å². The second-order valence-corrected chi connectivity index (χ2v) is 10.3. The summed E-state index contributed by atoms with van der Waals surface area (Å²) in [4.78, 5) is 22.9. The van der Waals surface area contributed by atoms with Crippen LogP contribution in [0.25, 0.3) is 0 Å². The summed E-state index contributed by atoms with van der Waals surface area (Å²) in [5.41, 5.74) is 1.09. The number of piperazine rings is 1. The number of aryl methyl sites for hydroxylation is 1. The lowest BCUT2D eigenvalue weighted by atomic mass is 9.46. The largest absolute Gasteiger partial charge is 0.368 e. The number of benzene rings is 1. The molecule has 6 nitrogen and oxygen atoms in total. The highest BCUT2D eigenvalue weighted by Crippen LogP contribution is 2.64. The Balaban J connectivity index is 1.23. The van der Waals surface area contributed by atoms with Crippen LogP contribution in [0.1, 0.15) is 44.3 Å². The summed E-state index contributed by atoms with van der Waals surface area (Å²) in [5.74, 6) is 2.57. The van der Waals surface area contributed by atoms with Gasteiger partial charge in [0.05, 0.1) is 11.0 Å². The second-order valence-electron chi connectivity index (χ2n) is 10.3. The SMILES string of the molecule is Cc1ncn(C23CC4CC(CC(C(=O)N5CCN(c6ccccc6)CC5)(C4)C2)C3)n1. The Morgan fingerprint density at radius 2 is 1.70 bits per heavy atom. The van der Waals surface area contributed by atoms with Crippen LogP contribution >= 0.6 is 0 Å². The van der Waals surface area contributed by atoms with E-state index in [1.807, 2.05) is 13.3 Å². The Bertz CT molecular complexity index is 932. The van der Waals surface area contributed by atoms with Gasteiger partial charge in [0, 0.05) is 31.9 Å². The van der Waals surface area contributed by atoms with E-state index in [1.165, 1.54) is 24.9 Å². The number of nitrogens with zero attached hydrogens (tertiary/aromatic N) is 5. The van der Waals surface area contributed by atoms with Gasteiger partial charge in [-0.25, -0.2) is 9.67 Å². The fourth-order valence-electron chi connectivity index (χ4n) is 7.45. The van der Waals surface area contributed by atoms with E-state index >= 15 is 0 Å². The maximum absolute atomic E-state index is 13.9. The minimum atomic E-state index is -0.182. The zero-order chi connectivity index (χ0) is 20.3. The Morgan fingerprint density at radius 3 is 2.33 bits per heavy atom. The van der Waals surface area contributed by atoms with Crippen LogP contribution < -0.4 is 4.90 Å². The van der Waals surface area contributed by atoms with Crippen molar-refractivity contribution in [2.24, 2.45) is 17.3 Å². The molecule has 2 aromatic rings. The van der Waals surface area contributed by atoms with Gasteiger partial charge >= 0.3 is 0 Å². The first-order valence-corrected chi connectivity index (χ1v) is 11.5. The van der Waals surface area contributed by atoms with Gasteiger partial charge in [0.15, 0.2) is 0 Å². The Morgan fingerprint density at radius 1 is 1.00 bits per heavy atom. The molecular formula is C24H31N5O. The van der Waals surface area contributed by atoms with Crippen molar-refractivity contribution in [1.82, 2.24) is 19.7 Å². The fraction of sp³-hybridized carbons (Fsp3) is 0.625. The summed E-state index contributed by atoms with van der Waals surface area (Å²) < 4.78 is 2.13. The van der Waals surface area contributed by atoms with Crippen LogP contribution in [0.3, 0.4) is 0 Å². The van der Waals surface area contributed by atoms with Crippen molar-refractivity contribution in [3.05, 3.63) is 42.5 Å². The molecule has 1 amide bonds. The van der Waals surface area contributed by atoms with Crippen LogP contribution in [0.4, 0.5) is 5.69 Å². The molecule has 1 aromatic carbocycles. The van der Waals surface area contributed by atoms with E-state index in [4.69, 9.17) is 5.10 Å². The molecule has 4 bridgehead atoms. The van der Waals surface area contributed by atoms with Crippen LogP contribution in [-0.4, -0.2) is 51.8 Å². The average molecular weight is 406 g/mol. The number of carbonyl (C=O) groups excluding carboxylic acids is 1. The van der Waals surface area contributed by atoms with Gasteiger partial charge in [0.2, 0.25) is 5.91 Å². The Labute approximate surface area is 178 Å². The van der Waals surface area contributed by atoms with Crippen molar-refractivity contribution in [1.29, 1.82) is 0 Å². The van der Waals surface area contributed by atoms with Gasteiger partial charge in [-0.05, 0) is 69.4 Å². The Hall–Kier alpha value is -2.37. The number of anilines is 1. The van der Waals surface area contributed by atoms with E-state index in [2.05, 4.69) is 49.8 Å². The van der Waals surface area contributed by atoms with Crippen molar-refractivity contribution in [3.63, 3.8) is 0 Å². The van der Waals surface area contributed by atoms with Gasteiger partial charge in [-0.2, -0.15) is 5.10 Å². The summed E-state index contributed by atoms with van der Waals surface area (Å²) in [6, 6.07) is 10.6. The van der Waals surface area contributed by atoms with Gasteiger partial charge in [0.1, 0.15) is 12.2 Å². The van der Waals surface area contributed by atoms with Crippen LogP contribution in [0.2, 0.25) is 0 Å². The standard InChI is InChI=1S/C24H31N5O/c1-18-25-17-29(26-18)24-14-19-11-20(15-24)13-23(12-19,16-24)22(30)28-9-7-27(8-10-28)21-5-3-2-4-6-21/h2-6,17,19-20H,7-16H2,1H3. The van der Waals surface area contributed by atoms with Crippen LogP contribution in [0.5, 0.6) is 0 Å². The highest BCUT2D eigenvalue weighted by Gasteiger charge is 2.62. The topological polar surface area (TPSA) is 54.3 Å². The molecule has 6 heteroatoms. The number of carbonyl (C=O) groups is 1. The third kappa shape index (κ3) is 2.79. The lowest BCUT2D eigenvalue weighted by Gasteiger charge is -2.61. The molecule has 30 heavy (non-hydrogen) atoms. The third-order valence-electron chi connectivity index (χ3n) is 8.26. The van der Waals surface area contributed by atoms with E-state index < -0.39 is 0 Å². The molecule has 7 rings (SSSR count). The van der Waals surface area contributed by atoms with Crippen molar-refractivity contribution in [3.8, 4) is 0 Å². The quantitative estimate of drug-likeness (QED) is 0.787. The predicted octanol–water partition coefficient (Wildman–Crippen LogP) is 3.23. The number of aromatic nitrogens is 3. The maximum atomic E-state index is 13.9. The fourth-order valence-corrected chi connectivity index (χ4v) is 7.45. The van der Waals surface area contributed by atoms with Gasteiger partial charge < -0.3 is 9.80 Å². The first-order chi connectivity index (χ1) is 14.6. The third-order valence-corrected chi connectivity index (χ3v) is 8.26. The van der Waals surface area contributed by atoms with Crippen molar-refractivity contribution in [2.75, 3.05) is 31.1 Å². The first kappa shape index (κ1) is 18.4. The molecule has 2 unspecified atom stereocenters. The maximum Gasteiger partial charge on any atom is 0.229 e. The van der Waals surface area contributed by atoms with Crippen LogP contribution in [-0.2, 0) is 10.3 Å². The molecule has 0 N–H and O–H groups in total. The lowest BCUT2D eigenvalue weighted by molar-refractivity contribution is -0.167. The first-order valence-electron chi connectivity index (χ1n) is 11.5.